The fourth-order valence-corrected chi connectivity index (χ4v) is 8.33. The summed E-state index contributed by atoms with van der Waals surface area (Å²) in [7, 11) is 0. The largest absolute Gasteiger partial charge is 0.439 e. The van der Waals surface area contributed by atoms with Crippen molar-refractivity contribution in [1.82, 2.24) is 9.13 Å². The summed E-state index contributed by atoms with van der Waals surface area (Å²) in [6, 6.07) is 69.7. The minimum absolute atomic E-state index is 0.863. The first kappa shape index (κ1) is 29.6. The van der Waals surface area contributed by atoms with Crippen LogP contribution in [0.25, 0.3) is 99.5 Å². The van der Waals surface area contributed by atoms with Gasteiger partial charge in [0.25, 0.3) is 0 Å². The monoisotopic (exact) mass is 676 g/mol. The van der Waals surface area contributed by atoms with E-state index in [4.69, 9.17) is 4.42 Å². The van der Waals surface area contributed by atoms with E-state index in [-0.39, 0.29) is 0 Å². The molecule has 3 heterocycles. The zero-order chi connectivity index (χ0) is 34.9. The van der Waals surface area contributed by atoms with E-state index in [1.54, 1.807) is 0 Å². The molecule has 0 aliphatic rings. The third-order valence-corrected chi connectivity index (χ3v) is 10.7. The highest BCUT2D eigenvalue weighted by Crippen LogP contribution is 2.43. The Morgan fingerprint density at radius 2 is 0.887 bits per heavy atom. The molecule has 0 N–H and O–H groups in total. The maximum atomic E-state index is 6.63. The van der Waals surface area contributed by atoms with E-state index in [9.17, 15) is 0 Å². The van der Waals surface area contributed by atoms with Gasteiger partial charge in [-0.05, 0) is 82.4 Å². The van der Waals surface area contributed by atoms with Crippen LogP contribution in [0.2, 0.25) is 0 Å². The summed E-state index contributed by atoms with van der Waals surface area (Å²) in [5.41, 5.74) is 14.6. The number of aromatic nitrogens is 2. The Morgan fingerprint density at radius 3 is 1.57 bits per heavy atom. The number of para-hydroxylation sites is 3. The molecule has 0 saturated heterocycles. The lowest BCUT2D eigenvalue weighted by Crippen LogP contribution is -1.97. The SMILES string of the molecule is c1ccc(-c2ccc3c(c2)c2cc(-c4ccccc4)ccc2n3-c2cccc(-c3cccc4c5c6ccccc6oc5n(-c5ccccc5)c34)c2)cc1. The Bertz CT molecular complexity index is 3050. The first-order valence-electron chi connectivity index (χ1n) is 18.1. The smallest absolute Gasteiger partial charge is 0.213 e. The van der Waals surface area contributed by atoms with Crippen molar-refractivity contribution in [2.45, 2.75) is 0 Å². The van der Waals surface area contributed by atoms with Crippen LogP contribution in [-0.4, -0.2) is 9.13 Å². The van der Waals surface area contributed by atoms with Gasteiger partial charge in [0.15, 0.2) is 0 Å². The average molecular weight is 677 g/mol. The zero-order valence-electron chi connectivity index (χ0n) is 28.8. The van der Waals surface area contributed by atoms with E-state index >= 15 is 0 Å². The molecule has 0 bridgehead atoms. The standard InChI is InChI=1S/C50H32N2O/c1-4-14-33(15-5-1)35-26-28-45-43(31-35)44-32-36(34-16-6-2-7-17-34)27-29-46(44)51(45)39-21-12-18-37(30-39)40-23-13-24-42-48-41-22-10-11-25-47(41)53-50(48)52(49(40)42)38-19-8-3-9-20-38/h1-32H. The molecule has 0 aliphatic heterocycles. The van der Waals surface area contributed by atoms with Gasteiger partial charge in [0, 0.05) is 38.5 Å². The summed E-state index contributed by atoms with van der Waals surface area (Å²) >= 11 is 0. The Morgan fingerprint density at radius 1 is 0.340 bits per heavy atom. The van der Waals surface area contributed by atoms with Gasteiger partial charge in [-0.2, -0.15) is 0 Å². The molecule has 3 aromatic heterocycles. The molecule has 0 radical (unpaired) electrons. The van der Waals surface area contributed by atoms with Crippen LogP contribution in [0.3, 0.4) is 0 Å². The van der Waals surface area contributed by atoms with Crippen molar-refractivity contribution in [2.24, 2.45) is 0 Å². The molecule has 11 aromatic rings. The number of furan rings is 1. The van der Waals surface area contributed by atoms with Crippen molar-refractivity contribution in [3.63, 3.8) is 0 Å². The first-order chi connectivity index (χ1) is 26.3. The minimum Gasteiger partial charge on any atom is -0.439 e. The van der Waals surface area contributed by atoms with Gasteiger partial charge >= 0.3 is 0 Å². The molecule has 0 fully saturated rings. The number of nitrogens with zero attached hydrogens (tertiary/aromatic N) is 2. The Balaban J connectivity index is 1.16. The van der Waals surface area contributed by atoms with Gasteiger partial charge in [-0.3, -0.25) is 4.57 Å². The normalized spacial score (nSPS) is 11.8. The van der Waals surface area contributed by atoms with E-state index in [0.29, 0.717) is 0 Å². The zero-order valence-corrected chi connectivity index (χ0v) is 28.8. The van der Waals surface area contributed by atoms with Gasteiger partial charge in [-0.15, -0.1) is 0 Å². The summed E-state index contributed by atoms with van der Waals surface area (Å²) in [5.74, 6) is 0. The van der Waals surface area contributed by atoms with Gasteiger partial charge in [0.2, 0.25) is 5.71 Å². The second kappa shape index (κ2) is 11.7. The van der Waals surface area contributed by atoms with E-state index in [2.05, 4.69) is 197 Å². The number of fused-ring (bicyclic) bond motifs is 8. The third-order valence-electron chi connectivity index (χ3n) is 10.7. The van der Waals surface area contributed by atoms with E-state index in [1.807, 2.05) is 6.07 Å². The number of hydrogen-bond donors (Lipinski definition) is 0. The summed E-state index contributed by atoms with van der Waals surface area (Å²) < 4.78 is 11.4. The predicted molar refractivity (Wildman–Crippen MR) is 221 cm³/mol. The fourth-order valence-electron chi connectivity index (χ4n) is 8.33. The molecule has 0 atom stereocenters. The van der Waals surface area contributed by atoms with Crippen molar-refractivity contribution in [3.8, 4) is 44.8 Å². The molecule has 0 unspecified atom stereocenters. The lowest BCUT2D eigenvalue weighted by molar-refractivity contribution is 0.645. The fraction of sp³-hybridized carbons (Fsp3) is 0. The maximum Gasteiger partial charge on any atom is 0.213 e. The molecule has 53 heavy (non-hydrogen) atoms. The van der Waals surface area contributed by atoms with Crippen LogP contribution in [-0.2, 0) is 0 Å². The molecule has 3 nitrogen and oxygen atoms in total. The highest BCUT2D eigenvalue weighted by Gasteiger charge is 2.22. The lowest BCUT2D eigenvalue weighted by atomic mass is 10.0. The van der Waals surface area contributed by atoms with Crippen LogP contribution in [0.4, 0.5) is 0 Å². The Kier molecular flexibility index (Phi) is 6.55. The van der Waals surface area contributed by atoms with Crippen molar-refractivity contribution in [2.75, 3.05) is 0 Å². The first-order valence-corrected chi connectivity index (χ1v) is 18.1. The highest BCUT2D eigenvalue weighted by atomic mass is 16.3. The average Bonchev–Trinajstić information content (AvgIpc) is 3.88. The number of benzene rings is 8. The molecular formula is C50H32N2O. The summed E-state index contributed by atoms with van der Waals surface area (Å²) in [4.78, 5) is 0. The van der Waals surface area contributed by atoms with Crippen LogP contribution in [0, 0.1) is 0 Å². The molecular weight excluding hydrogens is 645 g/mol. The van der Waals surface area contributed by atoms with Crippen molar-refractivity contribution in [1.29, 1.82) is 0 Å². The molecule has 11 rings (SSSR count). The van der Waals surface area contributed by atoms with E-state index in [1.165, 1.54) is 49.4 Å². The molecule has 0 aliphatic carbocycles. The summed E-state index contributed by atoms with van der Waals surface area (Å²) in [6.07, 6.45) is 0. The van der Waals surface area contributed by atoms with Gasteiger partial charge in [-0.1, -0.05) is 140 Å². The highest BCUT2D eigenvalue weighted by molar-refractivity contribution is 6.22. The molecule has 0 spiro atoms. The van der Waals surface area contributed by atoms with Gasteiger partial charge < -0.3 is 8.98 Å². The Labute approximate surface area is 306 Å². The van der Waals surface area contributed by atoms with Crippen LogP contribution in [0.15, 0.2) is 199 Å². The minimum atomic E-state index is 0.863. The quantitative estimate of drug-likeness (QED) is 0.178. The molecule has 0 saturated carbocycles. The second-order valence-electron chi connectivity index (χ2n) is 13.7. The molecule has 3 heteroatoms. The van der Waals surface area contributed by atoms with E-state index < -0.39 is 0 Å². The van der Waals surface area contributed by atoms with Crippen LogP contribution < -0.4 is 0 Å². The molecule has 8 aromatic carbocycles. The summed E-state index contributed by atoms with van der Waals surface area (Å²) in [5, 5.41) is 5.91. The molecule has 248 valence electrons. The van der Waals surface area contributed by atoms with Crippen LogP contribution in [0.5, 0.6) is 0 Å². The third kappa shape index (κ3) is 4.61. The van der Waals surface area contributed by atoms with Crippen molar-refractivity contribution < 1.29 is 4.42 Å². The van der Waals surface area contributed by atoms with Crippen LogP contribution >= 0.6 is 0 Å². The summed E-state index contributed by atoms with van der Waals surface area (Å²) in [6.45, 7) is 0. The van der Waals surface area contributed by atoms with Gasteiger partial charge in [0.1, 0.15) is 5.58 Å². The van der Waals surface area contributed by atoms with Crippen molar-refractivity contribution >= 4 is 54.8 Å². The van der Waals surface area contributed by atoms with Gasteiger partial charge in [0.05, 0.1) is 21.9 Å². The topological polar surface area (TPSA) is 23.0 Å². The van der Waals surface area contributed by atoms with Crippen LogP contribution in [0.1, 0.15) is 0 Å². The maximum absolute atomic E-state index is 6.63. The predicted octanol–water partition coefficient (Wildman–Crippen LogP) is 13.6. The molecule has 0 amide bonds. The lowest BCUT2D eigenvalue weighted by Gasteiger charge is -2.13. The number of rotatable bonds is 5. The Hall–Kier alpha value is -7.10. The van der Waals surface area contributed by atoms with Gasteiger partial charge in [-0.25, -0.2) is 0 Å². The van der Waals surface area contributed by atoms with E-state index in [0.717, 1.165) is 50.1 Å². The number of hydrogen-bond acceptors (Lipinski definition) is 1. The second-order valence-corrected chi connectivity index (χ2v) is 13.7. The van der Waals surface area contributed by atoms with Crippen molar-refractivity contribution in [3.05, 3.63) is 194 Å².